The SMILES string of the molecule is Cc1cc2nnn(CC3CCCS3(=O)=O)c2cc1Br. The van der Waals surface area contributed by atoms with Gasteiger partial charge in [0.15, 0.2) is 9.84 Å². The van der Waals surface area contributed by atoms with E-state index in [9.17, 15) is 8.42 Å². The first kappa shape index (κ1) is 13.1. The van der Waals surface area contributed by atoms with E-state index in [4.69, 9.17) is 0 Å². The number of nitrogens with zero attached hydrogens (tertiary/aromatic N) is 3. The van der Waals surface area contributed by atoms with Crippen LogP contribution < -0.4 is 0 Å². The Morgan fingerprint density at radius 2 is 2.26 bits per heavy atom. The van der Waals surface area contributed by atoms with Gasteiger partial charge in [0, 0.05) is 4.47 Å². The molecule has 1 atom stereocenters. The Kier molecular flexibility index (Phi) is 3.13. The van der Waals surface area contributed by atoms with Crippen LogP contribution in [0.15, 0.2) is 16.6 Å². The number of fused-ring (bicyclic) bond motifs is 1. The average molecular weight is 344 g/mol. The summed E-state index contributed by atoms with van der Waals surface area (Å²) in [6, 6.07) is 3.90. The number of aryl methyl sites for hydroxylation is 1. The van der Waals surface area contributed by atoms with Crippen molar-refractivity contribution in [2.45, 2.75) is 31.6 Å². The number of sulfone groups is 1. The van der Waals surface area contributed by atoms with Gasteiger partial charge in [-0.3, -0.25) is 0 Å². The number of benzene rings is 1. The molecule has 0 spiro atoms. The molecule has 102 valence electrons. The molecule has 0 radical (unpaired) electrons. The fraction of sp³-hybridized carbons (Fsp3) is 0.500. The summed E-state index contributed by atoms with van der Waals surface area (Å²) in [6.45, 7) is 2.39. The maximum atomic E-state index is 11.9. The highest BCUT2D eigenvalue weighted by molar-refractivity contribution is 9.10. The molecule has 1 unspecified atom stereocenters. The minimum Gasteiger partial charge on any atom is -0.243 e. The van der Waals surface area contributed by atoms with Crippen LogP contribution in [0.25, 0.3) is 11.0 Å². The second-order valence-electron chi connectivity index (χ2n) is 4.99. The Balaban J connectivity index is 2.00. The Hall–Kier alpha value is -0.950. The van der Waals surface area contributed by atoms with Crippen LogP contribution in [-0.4, -0.2) is 34.4 Å². The minimum absolute atomic E-state index is 0.299. The van der Waals surface area contributed by atoms with Crippen molar-refractivity contribution in [2.75, 3.05) is 5.75 Å². The molecule has 0 saturated carbocycles. The summed E-state index contributed by atoms with van der Waals surface area (Å²) in [7, 11) is -2.95. The molecule has 19 heavy (non-hydrogen) atoms. The largest absolute Gasteiger partial charge is 0.243 e. The van der Waals surface area contributed by atoms with Gasteiger partial charge in [-0.25, -0.2) is 13.1 Å². The number of hydrogen-bond donors (Lipinski definition) is 0. The average Bonchev–Trinajstić information content (AvgIpc) is 2.86. The van der Waals surface area contributed by atoms with Crippen LogP contribution in [0.5, 0.6) is 0 Å². The molecule has 7 heteroatoms. The summed E-state index contributed by atoms with van der Waals surface area (Å²) in [5, 5.41) is 7.87. The fourth-order valence-electron chi connectivity index (χ4n) is 2.48. The fourth-order valence-corrected chi connectivity index (χ4v) is 4.61. The summed E-state index contributed by atoms with van der Waals surface area (Å²) in [6.07, 6.45) is 1.47. The lowest BCUT2D eigenvalue weighted by Crippen LogP contribution is -2.22. The van der Waals surface area contributed by atoms with Crippen molar-refractivity contribution >= 4 is 36.8 Å². The van der Waals surface area contributed by atoms with Crippen LogP contribution >= 0.6 is 15.9 Å². The molecule has 1 aliphatic heterocycles. The predicted molar refractivity (Wildman–Crippen MR) is 76.8 cm³/mol. The van der Waals surface area contributed by atoms with E-state index in [1.165, 1.54) is 0 Å². The zero-order chi connectivity index (χ0) is 13.6. The van der Waals surface area contributed by atoms with E-state index in [1.807, 2.05) is 19.1 Å². The van der Waals surface area contributed by atoms with Gasteiger partial charge in [0.1, 0.15) is 5.52 Å². The lowest BCUT2D eigenvalue weighted by molar-refractivity contribution is 0.540. The van der Waals surface area contributed by atoms with Gasteiger partial charge >= 0.3 is 0 Å². The summed E-state index contributed by atoms with van der Waals surface area (Å²) in [5.74, 6) is 0.299. The topological polar surface area (TPSA) is 64.8 Å². The first-order chi connectivity index (χ1) is 8.97. The molecule has 2 heterocycles. The quantitative estimate of drug-likeness (QED) is 0.837. The zero-order valence-corrected chi connectivity index (χ0v) is 12.9. The van der Waals surface area contributed by atoms with E-state index < -0.39 is 9.84 Å². The van der Waals surface area contributed by atoms with Crippen molar-refractivity contribution < 1.29 is 8.42 Å². The van der Waals surface area contributed by atoms with Crippen molar-refractivity contribution in [3.8, 4) is 0 Å². The number of hydrogen-bond acceptors (Lipinski definition) is 4. The maximum absolute atomic E-state index is 11.9. The first-order valence-corrected chi connectivity index (χ1v) is 8.69. The molecule has 3 rings (SSSR count). The van der Waals surface area contributed by atoms with Gasteiger partial charge in [0.05, 0.1) is 23.1 Å². The molecule has 1 aliphatic rings. The smallest absolute Gasteiger partial charge is 0.154 e. The summed E-state index contributed by atoms with van der Waals surface area (Å²) >= 11 is 3.48. The van der Waals surface area contributed by atoms with Crippen LogP contribution in [0.4, 0.5) is 0 Å². The molecule has 2 aromatic rings. The van der Waals surface area contributed by atoms with E-state index >= 15 is 0 Å². The Morgan fingerprint density at radius 3 is 2.95 bits per heavy atom. The molecule has 0 bridgehead atoms. The molecule has 1 aromatic heterocycles. The Bertz CT molecular complexity index is 739. The van der Waals surface area contributed by atoms with Gasteiger partial charge in [-0.1, -0.05) is 21.1 Å². The second-order valence-corrected chi connectivity index (χ2v) is 8.25. The van der Waals surface area contributed by atoms with Gasteiger partial charge in [0.25, 0.3) is 0 Å². The zero-order valence-electron chi connectivity index (χ0n) is 10.5. The van der Waals surface area contributed by atoms with Crippen molar-refractivity contribution in [3.05, 3.63) is 22.2 Å². The lowest BCUT2D eigenvalue weighted by atomic mass is 10.2. The first-order valence-electron chi connectivity index (χ1n) is 6.18. The predicted octanol–water partition coefficient (Wildman–Crippen LogP) is 2.08. The maximum Gasteiger partial charge on any atom is 0.154 e. The third-order valence-electron chi connectivity index (χ3n) is 3.63. The molecule has 1 saturated heterocycles. The number of rotatable bonds is 2. The normalized spacial score (nSPS) is 22.1. The van der Waals surface area contributed by atoms with Gasteiger partial charge in [-0.05, 0) is 37.5 Å². The summed E-state index contributed by atoms with van der Waals surface area (Å²) in [4.78, 5) is 0. The van der Waals surface area contributed by atoms with Crippen LogP contribution in [0.2, 0.25) is 0 Å². The standard InChI is InChI=1S/C12H14BrN3O2S/c1-8-5-11-12(6-10(8)13)16(15-14-11)7-9-3-2-4-19(9,17)18/h5-6,9H,2-4,7H2,1H3. The van der Waals surface area contributed by atoms with E-state index in [-0.39, 0.29) is 5.25 Å². The van der Waals surface area contributed by atoms with Crippen LogP contribution in [-0.2, 0) is 16.4 Å². The van der Waals surface area contributed by atoms with Crippen LogP contribution in [0.3, 0.4) is 0 Å². The highest BCUT2D eigenvalue weighted by Crippen LogP contribution is 2.25. The third kappa shape index (κ3) is 2.29. The minimum atomic E-state index is -2.95. The third-order valence-corrected chi connectivity index (χ3v) is 6.75. The van der Waals surface area contributed by atoms with E-state index in [1.54, 1.807) is 4.68 Å². The molecule has 0 amide bonds. The van der Waals surface area contributed by atoms with Crippen molar-refractivity contribution in [1.29, 1.82) is 0 Å². The van der Waals surface area contributed by atoms with Crippen molar-refractivity contribution in [2.24, 2.45) is 0 Å². The summed E-state index contributed by atoms with van der Waals surface area (Å²) < 4.78 is 26.4. The van der Waals surface area contributed by atoms with Crippen LogP contribution in [0, 0.1) is 6.92 Å². The van der Waals surface area contributed by atoms with Crippen molar-refractivity contribution in [3.63, 3.8) is 0 Å². The van der Waals surface area contributed by atoms with Gasteiger partial charge in [-0.2, -0.15) is 0 Å². The molecule has 1 aromatic carbocycles. The molecule has 0 aliphatic carbocycles. The van der Waals surface area contributed by atoms with E-state index in [0.29, 0.717) is 12.3 Å². The van der Waals surface area contributed by atoms with Gasteiger partial charge < -0.3 is 0 Å². The Morgan fingerprint density at radius 1 is 1.47 bits per heavy atom. The number of halogens is 1. The number of aromatic nitrogens is 3. The molecule has 5 nitrogen and oxygen atoms in total. The molecular weight excluding hydrogens is 330 g/mol. The van der Waals surface area contributed by atoms with Crippen molar-refractivity contribution in [1.82, 2.24) is 15.0 Å². The monoisotopic (exact) mass is 343 g/mol. The van der Waals surface area contributed by atoms with Gasteiger partial charge in [0.2, 0.25) is 0 Å². The van der Waals surface area contributed by atoms with Crippen LogP contribution in [0.1, 0.15) is 18.4 Å². The van der Waals surface area contributed by atoms with E-state index in [2.05, 4.69) is 26.2 Å². The lowest BCUT2D eigenvalue weighted by Gasteiger charge is -2.09. The molecule has 1 fully saturated rings. The summed E-state index contributed by atoms with van der Waals surface area (Å²) in [5.41, 5.74) is 2.77. The highest BCUT2D eigenvalue weighted by atomic mass is 79.9. The second kappa shape index (κ2) is 4.56. The molecular formula is C12H14BrN3O2S. The highest BCUT2D eigenvalue weighted by Gasteiger charge is 2.32. The Labute approximate surface area is 120 Å². The van der Waals surface area contributed by atoms with Gasteiger partial charge in [-0.15, -0.1) is 5.10 Å². The van der Waals surface area contributed by atoms with E-state index in [0.717, 1.165) is 33.9 Å². The molecule has 0 N–H and O–H groups in total.